The lowest BCUT2D eigenvalue weighted by Gasteiger charge is -2.26. The van der Waals surface area contributed by atoms with Crippen LogP contribution in [0.5, 0.6) is 17.2 Å². The number of benzene rings is 2. The van der Waals surface area contributed by atoms with E-state index < -0.39 is 0 Å². The van der Waals surface area contributed by atoms with E-state index in [4.69, 9.17) is 14.2 Å². The fourth-order valence-electron chi connectivity index (χ4n) is 3.67. The second kappa shape index (κ2) is 10.8. The largest absolute Gasteiger partial charge is 0.496 e. The van der Waals surface area contributed by atoms with Crippen LogP contribution in [0.4, 0.5) is 0 Å². The molecule has 1 aromatic heterocycles. The molecular weight excluding hydrogens is 474 g/mol. The molecule has 0 spiro atoms. The van der Waals surface area contributed by atoms with Gasteiger partial charge in [0.25, 0.3) is 5.91 Å². The Labute approximate surface area is 195 Å². The molecule has 0 aliphatic carbocycles. The highest BCUT2D eigenvalue weighted by Gasteiger charge is 2.17. The first kappa shape index (κ1) is 22.5. The zero-order valence-electron chi connectivity index (χ0n) is 18.0. The summed E-state index contributed by atoms with van der Waals surface area (Å²) >= 11 is 3.46. The van der Waals surface area contributed by atoms with Gasteiger partial charge in [0, 0.05) is 41.8 Å². The predicted molar refractivity (Wildman–Crippen MR) is 127 cm³/mol. The van der Waals surface area contributed by atoms with Crippen molar-refractivity contribution in [2.75, 3.05) is 46.5 Å². The van der Waals surface area contributed by atoms with Crippen molar-refractivity contribution < 1.29 is 19.0 Å². The van der Waals surface area contributed by atoms with E-state index in [0.29, 0.717) is 34.9 Å². The summed E-state index contributed by atoms with van der Waals surface area (Å²) in [6.45, 7) is 4.97. The number of nitrogens with zero attached hydrogens (tertiary/aromatic N) is 2. The number of pyridine rings is 1. The van der Waals surface area contributed by atoms with E-state index in [1.165, 1.54) is 0 Å². The normalized spacial score (nSPS) is 14.3. The third-order valence-electron chi connectivity index (χ3n) is 5.33. The molecule has 0 bridgehead atoms. The molecule has 1 N–H and O–H groups in total. The Bertz CT molecular complexity index is 1090. The Hall–Kier alpha value is -2.68. The lowest BCUT2D eigenvalue weighted by atomic mass is 10.1. The number of carbonyl (C=O) groups excluding carboxylic acids is 1. The van der Waals surface area contributed by atoms with E-state index in [-0.39, 0.29) is 5.91 Å². The summed E-state index contributed by atoms with van der Waals surface area (Å²) in [7, 11) is 1.55. The molecule has 1 amide bonds. The zero-order chi connectivity index (χ0) is 22.3. The van der Waals surface area contributed by atoms with Crippen molar-refractivity contribution >= 4 is 32.7 Å². The molecule has 0 radical (unpaired) electrons. The van der Waals surface area contributed by atoms with Crippen LogP contribution in [0, 0.1) is 0 Å². The van der Waals surface area contributed by atoms with Gasteiger partial charge in [0.2, 0.25) is 0 Å². The highest BCUT2D eigenvalue weighted by molar-refractivity contribution is 9.10. The number of fused-ring (bicyclic) bond motifs is 1. The molecule has 2 heterocycles. The number of morpholine rings is 1. The third-order valence-corrected chi connectivity index (χ3v) is 5.82. The number of aromatic nitrogens is 1. The quantitative estimate of drug-likeness (QED) is 0.467. The molecule has 2 aromatic carbocycles. The SMILES string of the molecule is COc1cc2nccc(Oc3cccc(Br)c3)c2cc1C(=O)NCCCN1CCOCC1. The topological polar surface area (TPSA) is 72.9 Å². The van der Waals surface area contributed by atoms with Gasteiger partial charge in [-0.3, -0.25) is 14.7 Å². The maximum absolute atomic E-state index is 12.9. The number of amides is 1. The molecule has 168 valence electrons. The molecule has 0 unspecified atom stereocenters. The molecule has 8 heteroatoms. The average molecular weight is 500 g/mol. The molecule has 1 aliphatic rings. The Morgan fingerprint density at radius 1 is 1.19 bits per heavy atom. The number of hydrogen-bond acceptors (Lipinski definition) is 6. The van der Waals surface area contributed by atoms with Crippen molar-refractivity contribution in [3.05, 3.63) is 58.7 Å². The monoisotopic (exact) mass is 499 g/mol. The van der Waals surface area contributed by atoms with Crippen molar-refractivity contribution in [2.24, 2.45) is 0 Å². The van der Waals surface area contributed by atoms with E-state index in [2.05, 4.69) is 31.1 Å². The molecular formula is C24H26BrN3O4. The number of ether oxygens (including phenoxy) is 3. The summed E-state index contributed by atoms with van der Waals surface area (Å²) in [6.07, 6.45) is 2.56. The molecule has 7 nitrogen and oxygen atoms in total. The summed E-state index contributed by atoms with van der Waals surface area (Å²) in [5.74, 6) is 1.62. The number of carbonyl (C=O) groups is 1. The first-order chi connectivity index (χ1) is 15.6. The van der Waals surface area contributed by atoms with Crippen molar-refractivity contribution in [2.45, 2.75) is 6.42 Å². The van der Waals surface area contributed by atoms with Crippen LogP contribution in [-0.2, 0) is 4.74 Å². The molecule has 4 rings (SSSR count). The molecule has 0 saturated carbocycles. The molecule has 1 saturated heterocycles. The number of methoxy groups -OCH3 is 1. The lowest BCUT2D eigenvalue weighted by molar-refractivity contribution is 0.0374. The molecule has 32 heavy (non-hydrogen) atoms. The number of rotatable bonds is 8. The van der Waals surface area contributed by atoms with Crippen molar-refractivity contribution in [1.82, 2.24) is 15.2 Å². The minimum atomic E-state index is -0.178. The van der Waals surface area contributed by atoms with Crippen LogP contribution in [0.3, 0.4) is 0 Å². The minimum Gasteiger partial charge on any atom is -0.496 e. The van der Waals surface area contributed by atoms with Crippen molar-refractivity contribution in [1.29, 1.82) is 0 Å². The van der Waals surface area contributed by atoms with E-state index in [1.807, 2.05) is 24.3 Å². The summed E-state index contributed by atoms with van der Waals surface area (Å²) < 4.78 is 17.9. The number of halogens is 1. The van der Waals surface area contributed by atoms with Gasteiger partial charge in [-0.2, -0.15) is 0 Å². The summed E-state index contributed by atoms with van der Waals surface area (Å²) in [6, 6.07) is 12.9. The summed E-state index contributed by atoms with van der Waals surface area (Å²) in [5, 5.41) is 3.75. The smallest absolute Gasteiger partial charge is 0.255 e. The van der Waals surface area contributed by atoms with E-state index in [1.54, 1.807) is 31.5 Å². The van der Waals surface area contributed by atoms with Crippen LogP contribution in [0.25, 0.3) is 10.9 Å². The lowest BCUT2D eigenvalue weighted by Crippen LogP contribution is -2.38. The highest BCUT2D eigenvalue weighted by Crippen LogP contribution is 2.33. The fraction of sp³-hybridized carbons (Fsp3) is 0.333. The molecule has 3 aromatic rings. The Morgan fingerprint density at radius 2 is 2.03 bits per heavy atom. The number of hydrogen-bond donors (Lipinski definition) is 1. The summed E-state index contributed by atoms with van der Waals surface area (Å²) in [5.41, 5.74) is 1.15. The zero-order valence-corrected chi connectivity index (χ0v) is 19.6. The van der Waals surface area contributed by atoms with E-state index >= 15 is 0 Å². The Morgan fingerprint density at radius 3 is 2.81 bits per heavy atom. The van der Waals surface area contributed by atoms with Gasteiger partial charge in [0.05, 0.1) is 31.4 Å². The van der Waals surface area contributed by atoms with Crippen molar-refractivity contribution in [3.8, 4) is 17.2 Å². The molecule has 0 atom stereocenters. The third kappa shape index (κ3) is 5.56. The molecule has 1 aliphatic heterocycles. The Balaban J connectivity index is 1.50. The predicted octanol–water partition coefficient (Wildman–Crippen LogP) is 4.25. The van der Waals surface area contributed by atoms with Gasteiger partial charge in [-0.25, -0.2) is 0 Å². The first-order valence-corrected chi connectivity index (χ1v) is 11.4. The Kier molecular flexibility index (Phi) is 7.57. The van der Waals surface area contributed by atoms with Gasteiger partial charge in [-0.15, -0.1) is 0 Å². The highest BCUT2D eigenvalue weighted by atomic mass is 79.9. The van der Waals surface area contributed by atoms with Gasteiger partial charge < -0.3 is 19.5 Å². The van der Waals surface area contributed by atoms with Crippen LogP contribution >= 0.6 is 15.9 Å². The molecule has 1 fully saturated rings. The van der Waals surface area contributed by atoms with Crippen LogP contribution in [-0.4, -0.2) is 62.3 Å². The van der Waals surface area contributed by atoms with Gasteiger partial charge in [-0.1, -0.05) is 22.0 Å². The van der Waals surface area contributed by atoms with E-state index in [0.717, 1.165) is 49.1 Å². The van der Waals surface area contributed by atoms with Crippen LogP contribution in [0.15, 0.2) is 53.1 Å². The fourth-order valence-corrected chi connectivity index (χ4v) is 4.04. The number of nitrogens with one attached hydrogen (secondary N) is 1. The van der Waals surface area contributed by atoms with Crippen LogP contribution in [0.2, 0.25) is 0 Å². The van der Waals surface area contributed by atoms with Gasteiger partial charge in [-0.05, 0) is 43.3 Å². The van der Waals surface area contributed by atoms with Gasteiger partial charge in [0.15, 0.2) is 0 Å². The summed E-state index contributed by atoms with van der Waals surface area (Å²) in [4.78, 5) is 19.7. The second-order valence-corrected chi connectivity index (χ2v) is 8.42. The minimum absolute atomic E-state index is 0.178. The van der Waals surface area contributed by atoms with Crippen LogP contribution in [0.1, 0.15) is 16.8 Å². The van der Waals surface area contributed by atoms with E-state index in [9.17, 15) is 4.79 Å². The van der Waals surface area contributed by atoms with Crippen LogP contribution < -0.4 is 14.8 Å². The van der Waals surface area contributed by atoms with Gasteiger partial charge >= 0.3 is 0 Å². The maximum atomic E-state index is 12.9. The maximum Gasteiger partial charge on any atom is 0.255 e. The standard InChI is InChI=1S/C24H26BrN3O4/c1-30-23-16-21-19(22(6-8-26-21)32-18-5-2-4-17(25)14-18)15-20(23)24(29)27-7-3-9-28-10-12-31-13-11-28/h2,4-6,8,14-16H,3,7,9-13H2,1H3,(H,27,29). The average Bonchev–Trinajstić information content (AvgIpc) is 2.82. The van der Waals surface area contributed by atoms with Gasteiger partial charge in [0.1, 0.15) is 17.2 Å². The second-order valence-electron chi connectivity index (χ2n) is 7.50. The first-order valence-electron chi connectivity index (χ1n) is 10.6. The van der Waals surface area contributed by atoms with Crippen molar-refractivity contribution in [3.63, 3.8) is 0 Å².